The van der Waals surface area contributed by atoms with Gasteiger partial charge in [0.25, 0.3) is 0 Å². The quantitative estimate of drug-likeness (QED) is 0.671. The van der Waals surface area contributed by atoms with Crippen LogP contribution in [-0.4, -0.2) is 17.4 Å². The zero-order valence-electron chi connectivity index (χ0n) is 7.14. The number of carbonyl (C=O) groups is 1. The number of thiazole rings is 1. The molecule has 13 heavy (non-hydrogen) atoms. The predicted octanol–water partition coefficient (Wildman–Crippen LogP) is 1.68. The highest BCUT2D eigenvalue weighted by atomic mass is 32.1. The first-order chi connectivity index (χ1) is 6.31. The molecule has 3 nitrogen and oxygen atoms in total. The van der Waals surface area contributed by atoms with Gasteiger partial charge in [0.05, 0.1) is 0 Å². The highest BCUT2D eigenvalue weighted by Gasteiger charge is 2.29. The molecular weight excluding hydrogens is 184 g/mol. The standard InChI is InChI=1S/C9H10N2OS/c1-2-7-5-8(12)11(6-7)9-10-3-4-13-9/h2-4,7H,1,5-6H2. The molecule has 0 radical (unpaired) electrons. The molecule has 0 aromatic carbocycles. The van der Waals surface area contributed by atoms with Crippen LogP contribution in [0, 0.1) is 5.92 Å². The number of anilines is 1. The first-order valence-corrected chi connectivity index (χ1v) is 5.01. The molecule has 2 heterocycles. The van der Waals surface area contributed by atoms with Gasteiger partial charge in [-0.3, -0.25) is 9.69 Å². The van der Waals surface area contributed by atoms with Gasteiger partial charge in [-0.2, -0.15) is 0 Å². The van der Waals surface area contributed by atoms with Crippen LogP contribution >= 0.6 is 11.3 Å². The number of nitrogens with zero attached hydrogens (tertiary/aromatic N) is 2. The molecule has 1 aromatic heterocycles. The average molecular weight is 194 g/mol. The van der Waals surface area contributed by atoms with E-state index in [0.717, 1.165) is 11.7 Å². The van der Waals surface area contributed by atoms with Crippen LogP contribution in [-0.2, 0) is 4.79 Å². The maximum absolute atomic E-state index is 11.5. The van der Waals surface area contributed by atoms with Crippen LogP contribution in [0.2, 0.25) is 0 Å². The molecule has 1 aromatic rings. The van der Waals surface area contributed by atoms with E-state index in [2.05, 4.69) is 11.6 Å². The van der Waals surface area contributed by atoms with E-state index in [0.29, 0.717) is 6.42 Å². The Hall–Kier alpha value is -1.16. The molecule has 1 unspecified atom stereocenters. The molecule has 68 valence electrons. The van der Waals surface area contributed by atoms with Crippen LogP contribution in [0.1, 0.15) is 6.42 Å². The molecule has 0 N–H and O–H groups in total. The minimum absolute atomic E-state index is 0.153. The summed E-state index contributed by atoms with van der Waals surface area (Å²) in [5.74, 6) is 0.441. The van der Waals surface area contributed by atoms with Crippen LogP contribution in [0.4, 0.5) is 5.13 Å². The SMILES string of the molecule is C=CC1CC(=O)N(c2nccs2)C1. The van der Waals surface area contributed by atoms with Crippen molar-refractivity contribution in [2.75, 3.05) is 11.4 Å². The van der Waals surface area contributed by atoms with Gasteiger partial charge in [0.2, 0.25) is 5.91 Å². The maximum Gasteiger partial charge on any atom is 0.229 e. The third-order valence-corrected chi connectivity index (χ3v) is 2.93. The normalized spacial score (nSPS) is 22.3. The fraction of sp³-hybridized carbons (Fsp3) is 0.333. The van der Waals surface area contributed by atoms with E-state index in [1.807, 2.05) is 11.5 Å². The van der Waals surface area contributed by atoms with Crippen molar-refractivity contribution in [2.45, 2.75) is 6.42 Å². The zero-order chi connectivity index (χ0) is 9.26. The fourth-order valence-electron chi connectivity index (χ4n) is 1.43. The first-order valence-electron chi connectivity index (χ1n) is 4.13. The Labute approximate surface area is 80.7 Å². The van der Waals surface area contributed by atoms with E-state index in [9.17, 15) is 4.79 Å². The second kappa shape index (κ2) is 3.30. The predicted molar refractivity (Wildman–Crippen MR) is 52.8 cm³/mol. The highest BCUT2D eigenvalue weighted by Crippen LogP contribution is 2.26. The summed E-state index contributed by atoms with van der Waals surface area (Å²) in [7, 11) is 0. The Morgan fingerprint density at radius 3 is 3.15 bits per heavy atom. The second-order valence-corrected chi connectivity index (χ2v) is 3.89. The number of carbonyl (C=O) groups excluding carboxylic acids is 1. The van der Waals surface area contributed by atoms with E-state index < -0.39 is 0 Å². The van der Waals surface area contributed by atoms with Crippen molar-refractivity contribution in [2.24, 2.45) is 5.92 Å². The Bertz CT molecular complexity index is 320. The molecule has 0 saturated carbocycles. The molecule has 1 atom stereocenters. The van der Waals surface area contributed by atoms with Gasteiger partial charge < -0.3 is 0 Å². The fourth-order valence-corrected chi connectivity index (χ4v) is 2.10. The summed E-state index contributed by atoms with van der Waals surface area (Å²) >= 11 is 1.50. The van der Waals surface area contributed by atoms with Crippen molar-refractivity contribution in [3.8, 4) is 0 Å². The van der Waals surface area contributed by atoms with Gasteiger partial charge in [0, 0.05) is 30.5 Å². The van der Waals surface area contributed by atoms with Crippen LogP contribution in [0.3, 0.4) is 0 Å². The number of rotatable bonds is 2. The van der Waals surface area contributed by atoms with Crippen molar-refractivity contribution in [1.82, 2.24) is 4.98 Å². The lowest BCUT2D eigenvalue weighted by Crippen LogP contribution is -2.23. The summed E-state index contributed by atoms with van der Waals surface area (Å²) in [5.41, 5.74) is 0. The Morgan fingerprint density at radius 1 is 1.77 bits per heavy atom. The van der Waals surface area contributed by atoms with E-state index >= 15 is 0 Å². The molecule has 1 amide bonds. The molecular formula is C9H10N2OS. The number of hydrogen-bond donors (Lipinski definition) is 0. The first kappa shape index (κ1) is 8.44. The molecule has 1 aliphatic rings. The summed E-state index contributed by atoms with van der Waals surface area (Å²) in [5, 5.41) is 2.68. The summed E-state index contributed by atoms with van der Waals surface area (Å²) in [4.78, 5) is 17.3. The largest absolute Gasteiger partial charge is 0.288 e. The van der Waals surface area contributed by atoms with Gasteiger partial charge in [-0.25, -0.2) is 4.98 Å². The molecule has 1 fully saturated rings. The molecule has 2 rings (SSSR count). The van der Waals surface area contributed by atoms with Crippen LogP contribution in [0.5, 0.6) is 0 Å². The lowest BCUT2D eigenvalue weighted by atomic mass is 10.1. The highest BCUT2D eigenvalue weighted by molar-refractivity contribution is 7.13. The lowest BCUT2D eigenvalue weighted by Gasteiger charge is -2.10. The smallest absolute Gasteiger partial charge is 0.229 e. The lowest BCUT2D eigenvalue weighted by molar-refractivity contribution is -0.117. The Kier molecular flexibility index (Phi) is 2.14. The molecule has 4 heteroatoms. The van der Waals surface area contributed by atoms with Crippen molar-refractivity contribution in [3.63, 3.8) is 0 Å². The van der Waals surface area contributed by atoms with Gasteiger partial charge in [0.15, 0.2) is 5.13 Å². The molecule has 0 spiro atoms. The summed E-state index contributed by atoms with van der Waals surface area (Å²) in [6, 6.07) is 0. The molecule has 1 saturated heterocycles. The molecule has 0 aliphatic carbocycles. The minimum Gasteiger partial charge on any atom is -0.288 e. The number of hydrogen-bond acceptors (Lipinski definition) is 3. The number of aromatic nitrogens is 1. The summed E-state index contributed by atoms with van der Waals surface area (Å²) in [6.45, 7) is 4.43. The number of amides is 1. The van der Waals surface area contributed by atoms with Crippen molar-refractivity contribution in [1.29, 1.82) is 0 Å². The summed E-state index contributed by atoms with van der Waals surface area (Å²) in [6.07, 6.45) is 4.13. The van der Waals surface area contributed by atoms with Gasteiger partial charge in [-0.05, 0) is 0 Å². The maximum atomic E-state index is 11.5. The third kappa shape index (κ3) is 1.49. The van der Waals surface area contributed by atoms with E-state index in [1.165, 1.54) is 11.3 Å². The molecule has 0 bridgehead atoms. The third-order valence-electron chi connectivity index (χ3n) is 2.14. The van der Waals surface area contributed by atoms with E-state index in [4.69, 9.17) is 0 Å². The van der Waals surface area contributed by atoms with Crippen LogP contribution < -0.4 is 4.90 Å². The van der Waals surface area contributed by atoms with E-state index in [1.54, 1.807) is 11.1 Å². The summed E-state index contributed by atoms with van der Waals surface area (Å²) < 4.78 is 0. The van der Waals surface area contributed by atoms with Gasteiger partial charge in [-0.15, -0.1) is 17.9 Å². The van der Waals surface area contributed by atoms with Crippen molar-refractivity contribution in [3.05, 3.63) is 24.2 Å². The van der Waals surface area contributed by atoms with Crippen LogP contribution in [0.15, 0.2) is 24.2 Å². The van der Waals surface area contributed by atoms with E-state index in [-0.39, 0.29) is 11.8 Å². The Balaban J connectivity index is 2.18. The average Bonchev–Trinajstić information content (AvgIpc) is 2.72. The van der Waals surface area contributed by atoms with Crippen molar-refractivity contribution < 1.29 is 4.79 Å². The van der Waals surface area contributed by atoms with Crippen molar-refractivity contribution >= 4 is 22.4 Å². The topological polar surface area (TPSA) is 33.2 Å². The molecule has 1 aliphatic heterocycles. The van der Waals surface area contributed by atoms with Crippen LogP contribution in [0.25, 0.3) is 0 Å². The Morgan fingerprint density at radius 2 is 2.62 bits per heavy atom. The second-order valence-electron chi connectivity index (χ2n) is 3.02. The van der Waals surface area contributed by atoms with Gasteiger partial charge in [-0.1, -0.05) is 6.08 Å². The van der Waals surface area contributed by atoms with Gasteiger partial charge in [0.1, 0.15) is 0 Å². The minimum atomic E-state index is 0.153. The van der Waals surface area contributed by atoms with Gasteiger partial charge >= 0.3 is 0 Å². The zero-order valence-corrected chi connectivity index (χ0v) is 7.96. The monoisotopic (exact) mass is 194 g/mol.